The molecule has 10 heteroatoms. The first-order chi connectivity index (χ1) is 31.8. The van der Waals surface area contributed by atoms with Crippen molar-refractivity contribution in [2.45, 2.75) is 213 Å². The van der Waals surface area contributed by atoms with Crippen molar-refractivity contribution < 1.29 is 37.6 Å². The van der Waals surface area contributed by atoms with E-state index in [1.54, 1.807) is 0 Å². The van der Waals surface area contributed by atoms with Gasteiger partial charge in [-0.15, -0.1) is 0 Å². The lowest BCUT2D eigenvalue weighted by molar-refractivity contribution is -0.161. The van der Waals surface area contributed by atoms with Crippen LogP contribution in [0.2, 0.25) is 0 Å². The molecule has 0 fully saturated rings. The van der Waals surface area contributed by atoms with E-state index in [1.165, 1.54) is 89.9 Å². The van der Waals surface area contributed by atoms with Crippen LogP contribution >= 0.6 is 7.82 Å². The molecule has 0 radical (unpaired) electrons. The van der Waals surface area contributed by atoms with Gasteiger partial charge in [0, 0.05) is 19.4 Å². The molecule has 0 heterocycles. The first kappa shape index (κ1) is 61.9. The highest BCUT2D eigenvalue weighted by molar-refractivity contribution is 7.47. The summed E-state index contributed by atoms with van der Waals surface area (Å²) >= 11 is 0. The number of rotatable bonds is 47. The number of carbonyl (C=O) groups is 2. The van der Waals surface area contributed by atoms with Crippen LogP contribution in [-0.2, 0) is 32.7 Å². The van der Waals surface area contributed by atoms with Gasteiger partial charge in [0.2, 0.25) is 0 Å². The minimum absolute atomic E-state index is 0.0420. The van der Waals surface area contributed by atoms with E-state index < -0.39 is 32.5 Å². The zero-order valence-electron chi connectivity index (χ0n) is 41.2. The molecule has 9 nitrogen and oxygen atoms in total. The lowest BCUT2D eigenvalue weighted by Gasteiger charge is -2.19. The lowest BCUT2D eigenvalue weighted by Crippen LogP contribution is -2.29. The van der Waals surface area contributed by atoms with E-state index in [0.717, 1.165) is 83.5 Å². The largest absolute Gasteiger partial charge is 0.472 e. The third-order valence-corrected chi connectivity index (χ3v) is 11.5. The summed E-state index contributed by atoms with van der Waals surface area (Å²) in [6.45, 7) is 3.58. The number of unbranched alkanes of at least 4 members (excludes halogenated alkanes) is 18. The van der Waals surface area contributed by atoms with Gasteiger partial charge in [-0.3, -0.25) is 18.6 Å². The molecule has 0 spiro atoms. The second-order valence-corrected chi connectivity index (χ2v) is 18.1. The van der Waals surface area contributed by atoms with Crippen LogP contribution in [-0.4, -0.2) is 49.3 Å². The van der Waals surface area contributed by atoms with Crippen LogP contribution in [0.15, 0.2) is 97.2 Å². The van der Waals surface area contributed by atoms with Gasteiger partial charge in [-0.1, -0.05) is 214 Å². The Morgan fingerprint density at radius 1 is 0.477 bits per heavy atom. The molecule has 0 rings (SSSR count). The molecule has 3 N–H and O–H groups in total. The minimum atomic E-state index is -4.40. The number of nitrogens with two attached hydrogens (primary N) is 1. The van der Waals surface area contributed by atoms with Gasteiger partial charge in [0.15, 0.2) is 6.10 Å². The molecule has 0 aromatic rings. The molecule has 2 unspecified atom stereocenters. The van der Waals surface area contributed by atoms with E-state index >= 15 is 0 Å². The number of carbonyl (C=O) groups excluding carboxylic acids is 2. The van der Waals surface area contributed by atoms with Gasteiger partial charge in [-0.05, 0) is 77.0 Å². The maximum Gasteiger partial charge on any atom is 0.472 e. The predicted octanol–water partition coefficient (Wildman–Crippen LogP) is 15.7. The Hall–Kier alpha value is -3.07. The maximum absolute atomic E-state index is 12.6. The topological polar surface area (TPSA) is 134 Å². The van der Waals surface area contributed by atoms with Crippen LogP contribution in [0.25, 0.3) is 0 Å². The highest BCUT2D eigenvalue weighted by Crippen LogP contribution is 2.43. The quantitative estimate of drug-likeness (QED) is 0.0265. The van der Waals surface area contributed by atoms with Crippen LogP contribution < -0.4 is 5.73 Å². The van der Waals surface area contributed by atoms with Crippen molar-refractivity contribution in [2.75, 3.05) is 26.4 Å². The molecule has 0 aliphatic rings. The van der Waals surface area contributed by atoms with Gasteiger partial charge < -0.3 is 20.1 Å². The zero-order chi connectivity index (χ0) is 47.4. The average Bonchev–Trinajstić information content (AvgIpc) is 3.30. The lowest BCUT2D eigenvalue weighted by atomic mass is 10.0. The van der Waals surface area contributed by atoms with Crippen molar-refractivity contribution >= 4 is 19.8 Å². The molecule has 0 aliphatic carbocycles. The monoisotopic (exact) mass is 928 g/mol. The summed E-state index contributed by atoms with van der Waals surface area (Å²) < 4.78 is 32.9. The van der Waals surface area contributed by atoms with Crippen molar-refractivity contribution in [3.63, 3.8) is 0 Å². The second-order valence-electron chi connectivity index (χ2n) is 16.7. The first-order valence-corrected chi connectivity index (χ1v) is 27.2. The van der Waals surface area contributed by atoms with E-state index in [4.69, 9.17) is 24.3 Å². The summed E-state index contributed by atoms with van der Waals surface area (Å²) in [4.78, 5) is 35.0. The Bertz CT molecular complexity index is 1380. The molecule has 0 saturated carbocycles. The number of hydrogen-bond donors (Lipinski definition) is 2. The van der Waals surface area contributed by atoms with Gasteiger partial charge >= 0.3 is 19.8 Å². The van der Waals surface area contributed by atoms with Crippen molar-refractivity contribution in [1.82, 2.24) is 0 Å². The van der Waals surface area contributed by atoms with Gasteiger partial charge in [0.1, 0.15) is 6.61 Å². The Labute approximate surface area is 397 Å². The van der Waals surface area contributed by atoms with Crippen LogP contribution in [0.1, 0.15) is 206 Å². The van der Waals surface area contributed by atoms with Crippen LogP contribution in [0.3, 0.4) is 0 Å². The molecule has 0 amide bonds. The van der Waals surface area contributed by atoms with E-state index in [2.05, 4.69) is 111 Å². The standard InChI is InChI=1S/C55H94NO8P/c1-3-5-7-9-11-13-15-17-19-21-22-23-24-25-26-27-28-29-30-32-34-36-38-40-42-44-46-48-55(58)64-53(52-63-65(59,60)62-50-49-56)51-61-54(57)47-45-43-41-39-37-35-33-31-20-18-16-14-12-10-8-6-4-2/h5,7,11,13,17,19,22-23,25-26,28-29,32,34,38,40,53H,3-4,6,8-10,12,14-16,18,20-21,24,27,30-31,33,35-37,39,41-52,56H2,1-2H3,(H,59,60)/b7-5-,13-11-,19-17-,23-22-,26-25-,29-28-,34-32-,40-38-. The smallest absolute Gasteiger partial charge is 0.462 e. The SMILES string of the molecule is CC/C=C\C/C=C\C/C=C\C/C=C\C/C=C\C/C=C\C/C=C\C/C=C\CCCCC(=O)OC(COC(=O)CCCCCCCCCCCCCCCCCCC)COP(=O)(O)OCCN. The zero-order valence-corrected chi connectivity index (χ0v) is 42.1. The van der Waals surface area contributed by atoms with E-state index in [9.17, 15) is 19.0 Å². The third kappa shape index (κ3) is 50.2. The summed E-state index contributed by atoms with van der Waals surface area (Å²) in [5.74, 6) is -0.881. The molecule has 2 atom stereocenters. The molecule has 0 aromatic carbocycles. The second kappa shape index (κ2) is 50.3. The Morgan fingerprint density at radius 3 is 1.26 bits per heavy atom. The van der Waals surface area contributed by atoms with Crippen LogP contribution in [0.4, 0.5) is 0 Å². The first-order valence-electron chi connectivity index (χ1n) is 25.7. The van der Waals surface area contributed by atoms with Gasteiger partial charge in [0.25, 0.3) is 0 Å². The number of ether oxygens (including phenoxy) is 2. The number of esters is 2. The van der Waals surface area contributed by atoms with Crippen molar-refractivity contribution in [3.8, 4) is 0 Å². The summed E-state index contributed by atoms with van der Waals surface area (Å²) in [6, 6.07) is 0. The number of allylic oxidation sites excluding steroid dienone is 16. The van der Waals surface area contributed by atoms with E-state index in [-0.39, 0.29) is 32.6 Å². The Balaban J connectivity index is 4.17. The fourth-order valence-corrected chi connectivity index (χ4v) is 7.47. The van der Waals surface area contributed by atoms with Crippen LogP contribution in [0.5, 0.6) is 0 Å². The Morgan fingerprint density at radius 2 is 0.846 bits per heavy atom. The average molecular weight is 928 g/mol. The molecule has 0 bridgehead atoms. The Kier molecular flexibility index (Phi) is 48.0. The summed E-state index contributed by atoms with van der Waals surface area (Å²) in [5.41, 5.74) is 5.36. The molecule has 0 aromatic heterocycles. The number of phosphoric acid groups is 1. The number of phosphoric ester groups is 1. The summed E-state index contributed by atoms with van der Waals surface area (Å²) in [5, 5.41) is 0. The minimum Gasteiger partial charge on any atom is -0.462 e. The fourth-order valence-electron chi connectivity index (χ4n) is 6.71. The van der Waals surface area contributed by atoms with Gasteiger partial charge in [0.05, 0.1) is 13.2 Å². The van der Waals surface area contributed by atoms with E-state index in [0.29, 0.717) is 6.42 Å². The normalized spacial score (nSPS) is 14.0. The van der Waals surface area contributed by atoms with Gasteiger partial charge in [-0.25, -0.2) is 4.57 Å². The van der Waals surface area contributed by atoms with Crippen molar-refractivity contribution in [1.29, 1.82) is 0 Å². The number of hydrogen-bond acceptors (Lipinski definition) is 8. The molecular weight excluding hydrogens is 834 g/mol. The molecule has 65 heavy (non-hydrogen) atoms. The van der Waals surface area contributed by atoms with E-state index in [1.807, 2.05) is 0 Å². The molecule has 372 valence electrons. The summed E-state index contributed by atoms with van der Waals surface area (Å²) in [6.07, 6.45) is 65.9. The molecular formula is C55H94NO8P. The van der Waals surface area contributed by atoms with Crippen molar-refractivity contribution in [3.05, 3.63) is 97.2 Å². The van der Waals surface area contributed by atoms with Gasteiger partial charge in [-0.2, -0.15) is 0 Å². The third-order valence-electron chi connectivity index (χ3n) is 10.5. The maximum atomic E-state index is 12.6. The highest BCUT2D eigenvalue weighted by Gasteiger charge is 2.26. The molecule has 0 saturated heterocycles. The molecule has 0 aliphatic heterocycles. The van der Waals surface area contributed by atoms with Crippen LogP contribution in [0, 0.1) is 0 Å². The highest BCUT2D eigenvalue weighted by atomic mass is 31.2. The predicted molar refractivity (Wildman–Crippen MR) is 275 cm³/mol. The fraction of sp³-hybridized carbons (Fsp3) is 0.673. The summed E-state index contributed by atoms with van der Waals surface area (Å²) in [7, 11) is -4.40. The van der Waals surface area contributed by atoms with Crippen molar-refractivity contribution in [2.24, 2.45) is 5.73 Å².